The van der Waals surface area contributed by atoms with Crippen molar-refractivity contribution in [2.45, 2.75) is 32.7 Å². The maximum absolute atomic E-state index is 5.65. The maximum Gasteiger partial charge on any atom is 0.137 e. The van der Waals surface area contributed by atoms with Gasteiger partial charge >= 0.3 is 0 Å². The van der Waals surface area contributed by atoms with Crippen LogP contribution >= 0.6 is 0 Å². The van der Waals surface area contributed by atoms with E-state index < -0.39 is 0 Å². The molecule has 0 aromatic carbocycles. The zero-order chi connectivity index (χ0) is 14.4. The van der Waals surface area contributed by atoms with Crippen LogP contribution in [0, 0.1) is 0 Å². The molecule has 1 unspecified atom stereocenters. The van der Waals surface area contributed by atoms with E-state index in [-0.39, 0.29) is 6.04 Å². The molecule has 0 radical (unpaired) electrons. The van der Waals surface area contributed by atoms with Crippen LogP contribution in [0.5, 0.6) is 5.75 Å². The van der Waals surface area contributed by atoms with Crippen LogP contribution < -0.4 is 10.1 Å². The summed E-state index contributed by atoms with van der Waals surface area (Å²) in [5.74, 6) is 1.82. The highest BCUT2D eigenvalue weighted by Gasteiger charge is 2.18. The smallest absolute Gasteiger partial charge is 0.137 e. The summed E-state index contributed by atoms with van der Waals surface area (Å²) >= 11 is 0. The second kappa shape index (κ2) is 7.10. The number of hydrogen-bond donors (Lipinski definition) is 1. The Morgan fingerprint density at radius 1 is 1.35 bits per heavy atom. The Kier molecular flexibility index (Phi) is 5.18. The molecule has 0 aliphatic rings. The van der Waals surface area contributed by atoms with E-state index in [9.17, 15) is 0 Å². The number of ether oxygens (including phenoxy) is 1. The van der Waals surface area contributed by atoms with E-state index in [4.69, 9.17) is 9.15 Å². The van der Waals surface area contributed by atoms with E-state index in [0.717, 1.165) is 35.5 Å². The molecule has 1 N–H and O–H groups in total. The van der Waals surface area contributed by atoms with Gasteiger partial charge in [-0.2, -0.15) is 0 Å². The molecule has 2 rings (SSSR count). The van der Waals surface area contributed by atoms with Gasteiger partial charge in [0.25, 0.3) is 0 Å². The molecule has 4 heteroatoms. The zero-order valence-electron chi connectivity index (χ0n) is 12.3. The Labute approximate surface area is 120 Å². The molecule has 2 aromatic rings. The number of aromatic nitrogens is 1. The molecule has 0 saturated heterocycles. The third-order valence-electron chi connectivity index (χ3n) is 3.24. The standard InChI is InChI=1S/C16H22N2O2/c1-4-7-19-13-9-12(10-18-11-13)16(17-3)14-6-8-20-15(14)5-2/h6,8-11,16-17H,4-5,7H2,1-3H3. The summed E-state index contributed by atoms with van der Waals surface area (Å²) in [6.45, 7) is 4.89. The van der Waals surface area contributed by atoms with Crippen LogP contribution in [0.25, 0.3) is 0 Å². The summed E-state index contributed by atoms with van der Waals surface area (Å²) in [5.41, 5.74) is 2.24. The van der Waals surface area contributed by atoms with Gasteiger partial charge in [-0.1, -0.05) is 13.8 Å². The monoisotopic (exact) mass is 274 g/mol. The van der Waals surface area contributed by atoms with Gasteiger partial charge in [0.05, 0.1) is 25.1 Å². The largest absolute Gasteiger partial charge is 0.492 e. The van der Waals surface area contributed by atoms with Crippen molar-refractivity contribution in [2.75, 3.05) is 13.7 Å². The lowest BCUT2D eigenvalue weighted by Gasteiger charge is -2.17. The summed E-state index contributed by atoms with van der Waals surface area (Å²) in [7, 11) is 1.94. The van der Waals surface area contributed by atoms with E-state index in [1.165, 1.54) is 0 Å². The lowest BCUT2D eigenvalue weighted by molar-refractivity contribution is 0.315. The maximum atomic E-state index is 5.65. The average Bonchev–Trinajstić information content (AvgIpc) is 2.95. The number of pyridine rings is 1. The molecule has 1 atom stereocenters. The lowest BCUT2D eigenvalue weighted by atomic mass is 10.00. The van der Waals surface area contributed by atoms with E-state index in [1.807, 2.05) is 25.4 Å². The van der Waals surface area contributed by atoms with Gasteiger partial charge in [0.2, 0.25) is 0 Å². The number of nitrogens with one attached hydrogen (secondary N) is 1. The first-order valence-electron chi connectivity index (χ1n) is 7.11. The summed E-state index contributed by atoms with van der Waals surface area (Å²) in [6.07, 6.45) is 7.22. The van der Waals surface area contributed by atoms with Crippen LogP contribution in [0.4, 0.5) is 0 Å². The molecule has 2 aromatic heterocycles. The molecule has 0 amide bonds. The van der Waals surface area contributed by atoms with E-state index in [0.29, 0.717) is 6.61 Å². The summed E-state index contributed by atoms with van der Waals surface area (Å²) < 4.78 is 11.2. The Bertz CT molecular complexity index is 537. The minimum absolute atomic E-state index is 0.0707. The Hall–Kier alpha value is -1.81. The molecule has 20 heavy (non-hydrogen) atoms. The van der Waals surface area contributed by atoms with Crippen LogP contribution in [0.15, 0.2) is 35.2 Å². The van der Waals surface area contributed by atoms with E-state index >= 15 is 0 Å². The topological polar surface area (TPSA) is 47.3 Å². The van der Waals surface area contributed by atoms with Crippen LogP contribution in [-0.4, -0.2) is 18.6 Å². The van der Waals surface area contributed by atoms with Gasteiger partial charge in [-0.25, -0.2) is 0 Å². The molecular formula is C16H22N2O2. The van der Waals surface area contributed by atoms with Crippen molar-refractivity contribution in [3.63, 3.8) is 0 Å². The predicted molar refractivity (Wildman–Crippen MR) is 79.0 cm³/mol. The highest BCUT2D eigenvalue weighted by Crippen LogP contribution is 2.27. The number of nitrogens with zero attached hydrogens (tertiary/aromatic N) is 1. The molecule has 2 heterocycles. The molecule has 0 bridgehead atoms. The van der Waals surface area contributed by atoms with Crippen molar-refractivity contribution in [2.24, 2.45) is 0 Å². The number of aryl methyl sites for hydroxylation is 1. The second-order valence-electron chi connectivity index (χ2n) is 4.68. The van der Waals surface area contributed by atoms with Crippen LogP contribution in [0.1, 0.15) is 43.2 Å². The average molecular weight is 274 g/mol. The fourth-order valence-corrected chi connectivity index (χ4v) is 2.29. The third kappa shape index (κ3) is 3.20. The van der Waals surface area contributed by atoms with Gasteiger partial charge < -0.3 is 14.5 Å². The van der Waals surface area contributed by atoms with Crippen LogP contribution in [-0.2, 0) is 6.42 Å². The summed E-state index contributed by atoms with van der Waals surface area (Å²) in [6, 6.07) is 4.12. The minimum Gasteiger partial charge on any atom is -0.492 e. The van der Waals surface area contributed by atoms with Gasteiger partial charge in [0.1, 0.15) is 11.5 Å². The normalized spacial score (nSPS) is 12.3. The lowest BCUT2D eigenvalue weighted by Crippen LogP contribution is -2.18. The van der Waals surface area contributed by atoms with Gasteiger partial charge in [-0.15, -0.1) is 0 Å². The van der Waals surface area contributed by atoms with Gasteiger partial charge in [-0.05, 0) is 31.2 Å². The van der Waals surface area contributed by atoms with Crippen LogP contribution in [0.2, 0.25) is 0 Å². The first-order valence-corrected chi connectivity index (χ1v) is 7.11. The SMILES string of the molecule is CCCOc1cncc(C(NC)c2ccoc2CC)c1. The molecule has 108 valence electrons. The van der Waals surface area contributed by atoms with E-state index in [1.54, 1.807) is 12.5 Å². The number of furan rings is 1. The molecular weight excluding hydrogens is 252 g/mol. The first-order chi connectivity index (χ1) is 9.80. The second-order valence-corrected chi connectivity index (χ2v) is 4.68. The molecule has 0 fully saturated rings. The summed E-state index contributed by atoms with van der Waals surface area (Å²) in [4.78, 5) is 4.28. The van der Waals surface area contributed by atoms with Crippen molar-refractivity contribution in [1.29, 1.82) is 0 Å². The quantitative estimate of drug-likeness (QED) is 0.841. The van der Waals surface area contributed by atoms with Gasteiger partial charge in [-0.3, -0.25) is 4.98 Å². The highest BCUT2D eigenvalue weighted by molar-refractivity contribution is 5.35. The van der Waals surface area contributed by atoms with Crippen molar-refractivity contribution in [3.05, 3.63) is 47.7 Å². The van der Waals surface area contributed by atoms with E-state index in [2.05, 4.69) is 24.1 Å². The summed E-state index contributed by atoms with van der Waals surface area (Å²) in [5, 5.41) is 3.32. The fourth-order valence-electron chi connectivity index (χ4n) is 2.29. The van der Waals surface area contributed by atoms with Gasteiger partial charge in [0, 0.05) is 18.2 Å². The molecule has 0 spiro atoms. The third-order valence-corrected chi connectivity index (χ3v) is 3.24. The van der Waals surface area contributed by atoms with Crippen molar-refractivity contribution >= 4 is 0 Å². The first kappa shape index (κ1) is 14.6. The fraction of sp³-hybridized carbons (Fsp3) is 0.438. The Morgan fingerprint density at radius 2 is 2.20 bits per heavy atom. The molecule has 0 aliphatic heterocycles. The van der Waals surface area contributed by atoms with Crippen molar-refractivity contribution in [1.82, 2.24) is 10.3 Å². The highest BCUT2D eigenvalue weighted by atomic mass is 16.5. The van der Waals surface area contributed by atoms with Gasteiger partial charge in [0.15, 0.2) is 0 Å². The molecule has 4 nitrogen and oxygen atoms in total. The van der Waals surface area contributed by atoms with Crippen molar-refractivity contribution in [3.8, 4) is 5.75 Å². The molecule has 0 saturated carbocycles. The Morgan fingerprint density at radius 3 is 2.90 bits per heavy atom. The van der Waals surface area contributed by atoms with Crippen LogP contribution in [0.3, 0.4) is 0 Å². The molecule has 0 aliphatic carbocycles. The Balaban J connectivity index is 2.27. The van der Waals surface area contributed by atoms with Crippen molar-refractivity contribution < 1.29 is 9.15 Å². The predicted octanol–water partition coefficient (Wildman–Crippen LogP) is 3.33. The number of rotatable bonds is 7. The minimum atomic E-state index is 0.0707. The zero-order valence-corrected chi connectivity index (χ0v) is 12.3. The number of hydrogen-bond acceptors (Lipinski definition) is 4.